The van der Waals surface area contributed by atoms with Crippen LogP contribution in [-0.2, 0) is 16.0 Å². The summed E-state index contributed by atoms with van der Waals surface area (Å²) in [5.41, 5.74) is 1.47. The second-order valence-electron chi connectivity index (χ2n) is 4.60. The second-order valence-corrected chi connectivity index (χ2v) is 4.60. The summed E-state index contributed by atoms with van der Waals surface area (Å²) < 4.78 is 4.77. The maximum Gasteiger partial charge on any atom is 0.328 e. The maximum atomic E-state index is 12.1. The van der Waals surface area contributed by atoms with E-state index in [1.54, 1.807) is 24.3 Å². The van der Waals surface area contributed by atoms with E-state index in [2.05, 4.69) is 5.32 Å². The van der Waals surface area contributed by atoms with E-state index in [1.165, 1.54) is 7.11 Å². The minimum atomic E-state index is -0.704. The third-order valence-corrected chi connectivity index (χ3v) is 3.11. The third kappa shape index (κ3) is 4.18. The van der Waals surface area contributed by atoms with Gasteiger partial charge in [0.2, 0.25) is 0 Å². The molecule has 0 spiro atoms. The maximum absolute atomic E-state index is 12.1. The fourth-order valence-corrected chi connectivity index (χ4v) is 2.02. The van der Waals surface area contributed by atoms with Gasteiger partial charge in [-0.15, -0.1) is 0 Å². The lowest BCUT2D eigenvalue weighted by Crippen LogP contribution is -2.43. The average molecular weight is 283 g/mol. The largest absolute Gasteiger partial charge is 0.467 e. The van der Waals surface area contributed by atoms with Gasteiger partial charge in [0.15, 0.2) is 0 Å². The van der Waals surface area contributed by atoms with Crippen molar-refractivity contribution in [2.75, 3.05) is 7.11 Å². The predicted octanol–water partition coefficient (Wildman–Crippen LogP) is 2.20. The van der Waals surface area contributed by atoms with Crippen molar-refractivity contribution in [3.05, 3.63) is 71.8 Å². The molecule has 2 aromatic carbocycles. The van der Waals surface area contributed by atoms with Gasteiger partial charge in [-0.25, -0.2) is 4.79 Å². The van der Waals surface area contributed by atoms with E-state index in [1.807, 2.05) is 36.4 Å². The molecule has 0 aliphatic heterocycles. The van der Waals surface area contributed by atoms with Gasteiger partial charge in [-0.1, -0.05) is 48.5 Å². The molecule has 0 saturated carbocycles. The van der Waals surface area contributed by atoms with Crippen LogP contribution in [0, 0.1) is 0 Å². The van der Waals surface area contributed by atoms with Crippen LogP contribution in [0.15, 0.2) is 60.7 Å². The van der Waals surface area contributed by atoms with Crippen LogP contribution >= 0.6 is 0 Å². The number of rotatable bonds is 5. The first-order valence-electron chi connectivity index (χ1n) is 6.68. The SMILES string of the molecule is COC(=O)[C@H](Cc1ccccc1)NC(=O)c1ccccc1. The van der Waals surface area contributed by atoms with Crippen LogP contribution in [0.2, 0.25) is 0 Å². The minimum Gasteiger partial charge on any atom is -0.467 e. The zero-order valence-corrected chi connectivity index (χ0v) is 11.8. The summed E-state index contributed by atoms with van der Waals surface area (Å²) in [6, 6.07) is 17.6. The summed E-state index contributed by atoms with van der Waals surface area (Å²) in [4.78, 5) is 24.0. The molecule has 2 aromatic rings. The number of carbonyl (C=O) groups is 2. The molecule has 0 aliphatic carbocycles. The molecule has 1 amide bonds. The molecule has 4 nitrogen and oxygen atoms in total. The molecule has 108 valence electrons. The van der Waals surface area contributed by atoms with Crippen molar-refractivity contribution in [2.24, 2.45) is 0 Å². The molecule has 4 heteroatoms. The van der Waals surface area contributed by atoms with Gasteiger partial charge >= 0.3 is 5.97 Å². The predicted molar refractivity (Wildman–Crippen MR) is 79.9 cm³/mol. The highest BCUT2D eigenvalue weighted by atomic mass is 16.5. The highest BCUT2D eigenvalue weighted by Crippen LogP contribution is 2.06. The van der Waals surface area contributed by atoms with E-state index in [0.717, 1.165) is 5.56 Å². The molecule has 0 bridgehead atoms. The van der Waals surface area contributed by atoms with Crippen molar-refractivity contribution in [2.45, 2.75) is 12.5 Å². The molecular formula is C17H17NO3. The molecule has 0 aliphatic rings. The van der Waals surface area contributed by atoms with Crippen molar-refractivity contribution in [1.82, 2.24) is 5.32 Å². The molecule has 0 aromatic heterocycles. The van der Waals surface area contributed by atoms with Crippen molar-refractivity contribution in [3.8, 4) is 0 Å². The van der Waals surface area contributed by atoms with Gasteiger partial charge in [-0.3, -0.25) is 4.79 Å². The lowest BCUT2D eigenvalue weighted by atomic mass is 10.1. The second kappa shape index (κ2) is 7.24. The Morgan fingerprint density at radius 2 is 1.57 bits per heavy atom. The van der Waals surface area contributed by atoms with E-state index < -0.39 is 12.0 Å². The van der Waals surface area contributed by atoms with Gasteiger partial charge < -0.3 is 10.1 Å². The number of benzene rings is 2. The first-order valence-corrected chi connectivity index (χ1v) is 6.68. The molecule has 0 heterocycles. The van der Waals surface area contributed by atoms with Gasteiger partial charge in [0.05, 0.1) is 7.11 Å². The summed E-state index contributed by atoms with van der Waals surface area (Å²) in [5.74, 6) is -0.745. The van der Waals surface area contributed by atoms with Crippen LogP contribution < -0.4 is 5.32 Å². The Bertz CT molecular complexity index is 596. The summed E-state index contributed by atoms with van der Waals surface area (Å²) >= 11 is 0. The molecule has 0 radical (unpaired) electrons. The van der Waals surface area contributed by atoms with E-state index in [4.69, 9.17) is 4.74 Å². The quantitative estimate of drug-likeness (QED) is 0.856. The number of hydrogen-bond donors (Lipinski definition) is 1. The fourth-order valence-electron chi connectivity index (χ4n) is 2.02. The number of hydrogen-bond acceptors (Lipinski definition) is 3. The number of methoxy groups -OCH3 is 1. The summed E-state index contributed by atoms with van der Waals surface area (Å²) in [6.45, 7) is 0. The van der Waals surface area contributed by atoms with Crippen LogP contribution in [-0.4, -0.2) is 25.0 Å². The monoisotopic (exact) mass is 283 g/mol. The zero-order chi connectivity index (χ0) is 15.1. The zero-order valence-electron chi connectivity index (χ0n) is 11.8. The molecule has 0 saturated heterocycles. The van der Waals surface area contributed by atoms with Crippen molar-refractivity contribution in [1.29, 1.82) is 0 Å². The van der Waals surface area contributed by atoms with Crippen LogP contribution in [0.4, 0.5) is 0 Å². The van der Waals surface area contributed by atoms with Gasteiger partial charge in [-0.05, 0) is 17.7 Å². The number of ether oxygens (including phenoxy) is 1. The van der Waals surface area contributed by atoms with Crippen LogP contribution in [0.25, 0.3) is 0 Å². The Morgan fingerprint density at radius 1 is 1.00 bits per heavy atom. The number of carbonyl (C=O) groups excluding carboxylic acids is 2. The fraction of sp³-hybridized carbons (Fsp3) is 0.176. The van der Waals surface area contributed by atoms with Crippen molar-refractivity contribution >= 4 is 11.9 Å². The summed E-state index contributed by atoms with van der Waals surface area (Å²) in [7, 11) is 1.31. The normalized spacial score (nSPS) is 11.5. The topological polar surface area (TPSA) is 55.4 Å². The molecule has 0 unspecified atom stereocenters. The summed E-state index contributed by atoms with van der Waals surface area (Å²) in [5, 5.41) is 2.72. The standard InChI is InChI=1S/C17H17NO3/c1-21-17(20)15(12-13-8-4-2-5-9-13)18-16(19)14-10-6-3-7-11-14/h2-11,15H,12H2,1H3,(H,18,19)/t15-/m0/s1. The Morgan fingerprint density at radius 3 is 2.14 bits per heavy atom. The molecule has 1 N–H and O–H groups in total. The first kappa shape index (κ1) is 14.8. The van der Waals surface area contributed by atoms with E-state index in [-0.39, 0.29) is 5.91 Å². The van der Waals surface area contributed by atoms with E-state index in [0.29, 0.717) is 12.0 Å². The number of amides is 1. The molecule has 21 heavy (non-hydrogen) atoms. The number of esters is 1. The average Bonchev–Trinajstić information content (AvgIpc) is 2.55. The third-order valence-electron chi connectivity index (χ3n) is 3.11. The highest BCUT2D eigenvalue weighted by molar-refractivity contribution is 5.96. The Kier molecular flexibility index (Phi) is 5.10. The smallest absolute Gasteiger partial charge is 0.328 e. The Hall–Kier alpha value is -2.62. The minimum absolute atomic E-state index is 0.290. The van der Waals surface area contributed by atoms with Gasteiger partial charge in [0, 0.05) is 12.0 Å². The van der Waals surface area contributed by atoms with E-state index in [9.17, 15) is 9.59 Å². The summed E-state index contributed by atoms with van der Waals surface area (Å²) in [6.07, 6.45) is 0.395. The molecule has 1 atom stereocenters. The Labute approximate surface area is 123 Å². The molecule has 0 fully saturated rings. The van der Waals surface area contributed by atoms with Crippen molar-refractivity contribution in [3.63, 3.8) is 0 Å². The number of nitrogens with one attached hydrogen (secondary N) is 1. The lowest BCUT2D eigenvalue weighted by molar-refractivity contribution is -0.142. The van der Waals surface area contributed by atoms with Crippen LogP contribution in [0.1, 0.15) is 15.9 Å². The molecular weight excluding hydrogens is 266 g/mol. The lowest BCUT2D eigenvalue weighted by Gasteiger charge is -2.16. The Balaban J connectivity index is 2.10. The van der Waals surface area contributed by atoms with Crippen LogP contribution in [0.3, 0.4) is 0 Å². The molecule has 2 rings (SSSR count). The van der Waals surface area contributed by atoms with Gasteiger partial charge in [0.25, 0.3) is 5.91 Å². The highest BCUT2D eigenvalue weighted by Gasteiger charge is 2.22. The van der Waals surface area contributed by atoms with E-state index >= 15 is 0 Å². The van der Waals surface area contributed by atoms with Gasteiger partial charge in [0.1, 0.15) is 6.04 Å². The van der Waals surface area contributed by atoms with Crippen molar-refractivity contribution < 1.29 is 14.3 Å². The first-order chi connectivity index (χ1) is 10.2. The van der Waals surface area contributed by atoms with Gasteiger partial charge in [-0.2, -0.15) is 0 Å². The van der Waals surface area contributed by atoms with Crippen LogP contribution in [0.5, 0.6) is 0 Å².